The Kier molecular flexibility index (Phi) is 3.63. The lowest BCUT2D eigenvalue weighted by Crippen LogP contribution is -2.45. The average Bonchev–Trinajstić information content (AvgIpc) is 3.27. The van der Waals surface area contributed by atoms with Gasteiger partial charge in [0.25, 0.3) is 0 Å². The van der Waals surface area contributed by atoms with Crippen LogP contribution >= 0.6 is 11.3 Å². The lowest BCUT2D eigenvalue weighted by Gasteiger charge is -2.32. The number of hydrogen-bond donors (Lipinski definition) is 2. The van der Waals surface area contributed by atoms with Crippen molar-refractivity contribution in [3.8, 4) is 0 Å². The van der Waals surface area contributed by atoms with Crippen LogP contribution in [-0.2, 0) is 17.7 Å². The highest BCUT2D eigenvalue weighted by atomic mass is 32.1. The summed E-state index contributed by atoms with van der Waals surface area (Å²) in [6.45, 7) is 6.61. The van der Waals surface area contributed by atoms with E-state index in [9.17, 15) is 0 Å². The molecule has 2 fully saturated rings. The van der Waals surface area contributed by atoms with Crippen molar-refractivity contribution in [3.63, 3.8) is 0 Å². The van der Waals surface area contributed by atoms with Crippen LogP contribution < -0.4 is 10.6 Å². The van der Waals surface area contributed by atoms with Gasteiger partial charge in [0, 0.05) is 45.8 Å². The van der Waals surface area contributed by atoms with Crippen molar-refractivity contribution < 1.29 is 11.6 Å². The van der Waals surface area contributed by atoms with Gasteiger partial charge in [-0.15, -0.1) is 11.3 Å². The van der Waals surface area contributed by atoms with Gasteiger partial charge >= 0.3 is 0 Å². The van der Waals surface area contributed by atoms with Crippen molar-refractivity contribution in [1.29, 1.82) is 0 Å². The molecule has 1 aromatic heterocycles. The van der Waals surface area contributed by atoms with Gasteiger partial charge in [0.15, 0.2) is 6.23 Å². The predicted octanol–water partition coefficient (Wildman–Crippen LogP) is 5.89. The van der Waals surface area contributed by atoms with Crippen molar-refractivity contribution in [2.75, 3.05) is 0 Å². The molecule has 158 valence electrons. The summed E-state index contributed by atoms with van der Waals surface area (Å²) in [5.74, 6) is 1.67. The Bertz CT molecular complexity index is 1050. The molecule has 3 nitrogen and oxygen atoms in total. The fourth-order valence-electron chi connectivity index (χ4n) is 5.40. The van der Waals surface area contributed by atoms with Crippen LogP contribution in [0.2, 0.25) is 0 Å². The number of ether oxygens (including phenoxy) is 1. The van der Waals surface area contributed by atoms with Crippen LogP contribution in [0.4, 0.5) is 0 Å². The minimum atomic E-state index is -2.01. The number of fused-ring (bicyclic) bond motifs is 4. The topological polar surface area (TPSA) is 33.3 Å². The third-order valence-corrected chi connectivity index (χ3v) is 7.76. The molecule has 4 aliphatic rings. The second-order valence-corrected chi connectivity index (χ2v) is 11.3. The zero-order chi connectivity index (χ0) is 24.6. The molecule has 4 atom stereocenters. The van der Waals surface area contributed by atoms with E-state index in [4.69, 9.17) is 11.6 Å². The van der Waals surface area contributed by atoms with Crippen molar-refractivity contribution in [3.05, 3.63) is 37.9 Å². The lowest BCUT2D eigenvalue weighted by molar-refractivity contribution is 0.0580. The van der Waals surface area contributed by atoms with E-state index in [-0.39, 0.29) is 6.23 Å². The smallest absolute Gasteiger partial charge is 0.153 e. The molecular weight excluding hydrogens is 376 g/mol. The first-order valence-electron chi connectivity index (χ1n) is 13.5. The Balaban J connectivity index is 1.51. The molecule has 0 bridgehead atoms. The second-order valence-electron chi connectivity index (χ2n) is 10.00. The molecule has 3 aliphatic heterocycles. The molecule has 0 spiro atoms. The summed E-state index contributed by atoms with van der Waals surface area (Å²) in [5, 5.41) is 6.90. The molecule has 2 N–H and O–H groups in total. The highest BCUT2D eigenvalue weighted by Gasteiger charge is 2.46. The molecule has 1 aliphatic carbocycles. The molecule has 4 heteroatoms. The van der Waals surface area contributed by atoms with E-state index in [2.05, 4.69) is 16.7 Å². The van der Waals surface area contributed by atoms with Gasteiger partial charge in [0.1, 0.15) is 5.76 Å². The number of hydrogen-bond acceptors (Lipinski definition) is 4. The molecule has 4 heterocycles. The first-order valence-corrected chi connectivity index (χ1v) is 11.8. The highest BCUT2D eigenvalue weighted by Crippen LogP contribution is 2.49. The summed E-state index contributed by atoms with van der Waals surface area (Å²) < 4.78 is 47.8. The monoisotopic (exact) mass is 417 g/mol. The maximum atomic E-state index is 8.96. The van der Waals surface area contributed by atoms with Crippen molar-refractivity contribution in [1.82, 2.24) is 10.6 Å². The lowest BCUT2D eigenvalue weighted by atomic mass is 9.77. The van der Waals surface area contributed by atoms with Crippen molar-refractivity contribution in [2.45, 2.75) is 91.8 Å². The molecule has 1 aromatic rings. The number of nitrogens with one attached hydrogen (secondary N) is 2. The van der Waals surface area contributed by atoms with Gasteiger partial charge in [0.05, 0.1) is 6.54 Å². The van der Waals surface area contributed by atoms with Crippen LogP contribution in [0, 0.1) is 24.2 Å². The Hall–Kier alpha value is -1.26. The quantitative estimate of drug-likeness (QED) is 0.630. The Morgan fingerprint density at radius 2 is 2.17 bits per heavy atom. The van der Waals surface area contributed by atoms with Crippen LogP contribution in [-0.4, -0.2) is 12.3 Å². The zero-order valence-electron chi connectivity index (χ0n) is 22.9. The van der Waals surface area contributed by atoms with E-state index >= 15 is 0 Å². The van der Waals surface area contributed by atoms with E-state index in [0.717, 1.165) is 53.1 Å². The largest absolute Gasteiger partial charge is 0.479 e. The summed E-state index contributed by atoms with van der Waals surface area (Å²) in [7, 11) is 0. The van der Waals surface area contributed by atoms with Gasteiger partial charge < -0.3 is 10.1 Å². The average molecular weight is 418 g/mol. The Morgan fingerprint density at radius 3 is 2.97 bits per heavy atom. The number of rotatable bonds is 2. The van der Waals surface area contributed by atoms with E-state index in [0.29, 0.717) is 24.8 Å². The first kappa shape index (κ1) is 14.7. The van der Waals surface area contributed by atoms with E-state index in [1.807, 2.05) is 27.7 Å². The third-order valence-electron chi connectivity index (χ3n) is 6.64. The van der Waals surface area contributed by atoms with E-state index in [1.54, 1.807) is 11.3 Å². The summed E-state index contributed by atoms with van der Waals surface area (Å²) in [6.07, 6.45) is 5.09. The molecule has 0 radical (unpaired) electrons. The summed E-state index contributed by atoms with van der Waals surface area (Å²) in [6, 6.07) is -0.511. The summed E-state index contributed by atoms with van der Waals surface area (Å²) in [5.41, 5.74) is 3.57. The normalized spacial score (nSPS) is 34.9. The van der Waals surface area contributed by atoms with Gasteiger partial charge in [-0.3, -0.25) is 5.32 Å². The standard InChI is InChI=1S/C25H36N2OS/c1-14-9-10-17-16-7-6-8-18(23(16)28-24(17)27-14)21-11-19-20(12-25(3,4)5)15(2)29-22(19)13-26-21/h11,14,16-17,24,26-27H,6-10,12-13H2,1-5H3/t14-,16?,17?,24?/m1/s1/i1D3,12D2. The van der Waals surface area contributed by atoms with E-state index < -0.39 is 24.7 Å². The minimum Gasteiger partial charge on any atom is -0.479 e. The third kappa shape index (κ3) is 3.57. The number of piperidine rings is 1. The van der Waals surface area contributed by atoms with Gasteiger partial charge in [-0.05, 0) is 74.9 Å². The molecule has 5 rings (SSSR count). The van der Waals surface area contributed by atoms with Crippen molar-refractivity contribution in [2.24, 2.45) is 17.3 Å². The molecule has 2 saturated heterocycles. The molecule has 0 saturated carbocycles. The molecular formula is C25H36N2OS. The van der Waals surface area contributed by atoms with Crippen LogP contribution in [0.3, 0.4) is 0 Å². The van der Waals surface area contributed by atoms with Gasteiger partial charge in [0.2, 0.25) is 0 Å². The molecule has 0 aromatic carbocycles. The van der Waals surface area contributed by atoms with Crippen LogP contribution in [0.15, 0.2) is 17.0 Å². The van der Waals surface area contributed by atoms with Gasteiger partial charge in [-0.1, -0.05) is 20.8 Å². The maximum absolute atomic E-state index is 8.96. The SMILES string of the molecule is [2H]C([2H])([2H])[C@@H]1CCC2C(N1)OC1=C(C3=Cc4c(sc(C)c4C([2H])([2H])C(C)(C)C)CN3)CCCC12. The minimum absolute atomic E-state index is 0.235. The zero-order valence-corrected chi connectivity index (χ0v) is 18.8. The Labute approximate surface area is 187 Å². The fraction of sp³-hybridized carbons (Fsp3) is 0.680. The Morgan fingerprint density at radius 1 is 1.31 bits per heavy atom. The summed E-state index contributed by atoms with van der Waals surface area (Å²) >= 11 is 1.69. The van der Waals surface area contributed by atoms with Crippen LogP contribution in [0.1, 0.15) is 87.5 Å². The molecule has 29 heavy (non-hydrogen) atoms. The van der Waals surface area contributed by atoms with Crippen LogP contribution in [0.25, 0.3) is 6.08 Å². The predicted molar refractivity (Wildman–Crippen MR) is 122 cm³/mol. The molecule has 0 amide bonds. The number of allylic oxidation sites excluding steroid dienone is 2. The van der Waals surface area contributed by atoms with Gasteiger partial charge in [-0.2, -0.15) is 0 Å². The highest BCUT2D eigenvalue weighted by molar-refractivity contribution is 7.12. The first-order chi connectivity index (χ1) is 15.8. The molecule has 3 unspecified atom stereocenters. The van der Waals surface area contributed by atoms with Crippen molar-refractivity contribution >= 4 is 17.4 Å². The second kappa shape index (κ2) is 7.16. The maximum Gasteiger partial charge on any atom is 0.153 e. The van der Waals surface area contributed by atoms with E-state index in [1.165, 1.54) is 10.5 Å². The number of thiophene rings is 1. The van der Waals surface area contributed by atoms with Crippen LogP contribution in [0.5, 0.6) is 0 Å². The summed E-state index contributed by atoms with van der Waals surface area (Å²) in [4.78, 5) is 2.23. The number of aryl methyl sites for hydroxylation is 1. The van der Waals surface area contributed by atoms with Gasteiger partial charge in [-0.25, -0.2) is 0 Å². The fourth-order valence-corrected chi connectivity index (χ4v) is 6.44.